The van der Waals surface area contributed by atoms with Crippen LogP contribution < -0.4 is 15.4 Å². The lowest BCUT2D eigenvalue weighted by Crippen LogP contribution is -2.87. The molecule has 8 nitrogen and oxygen atoms in total. The largest absolute Gasteiger partial charge is 0.495 e. The van der Waals surface area contributed by atoms with Gasteiger partial charge in [0.2, 0.25) is 0 Å². The fourth-order valence-corrected chi connectivity index (χ4v) is 4.47. The molecule has 2 aromatic carbocycles. The molecule has 0 saturated heterocycles. The number of nitrogens with one attached hydrogen (secondary N) is 2. The van der Waals surface area contributed by atoms with Gasteiger partial charge in [0, 0.05) is 29.4 Å². The van der Waals surface area contributed by atoms with Crippen molar-refractivity contribution in [2.24, 2.45) is 5.11 Å². The van der Waals surface area contributed by atoms with Gasteiger partial charge in [-0.1, -0.05) is 6.07 Å². The molecule has 0 fully saturated rings. The molecule has 0 saturated carbocycles. The summed E-state index contributed by atoms with van der Waals surface area (Å²) in [4.78, 5) is 17.2. The molecule has 10 heteroatoms. The fourth-order valence-electron chi connectivity index (χ4n) is 4.10. The van der Waals surface area contributed by atoms with E-state index in [4.69, 9.17) is 10.3 Å². The highest BCUT2D eigenvalue weighted by atomic mass is 79.9. The molecule has 1 unspecified atom stereocenters. The molecule has 176 valence electrons. The van der Waals surface area contributed by atoms with Crippen molar-refractivity contribution in [2.75, 3.05) is 12.4 Å². The summed E-state index contributed by atoms with van der Waals surface area (Å²) in [7, 11) is 1.58. The molecule has 1 aliphatic rings. The molecule has 1 aliphatic heterocycles. The first kappa shape index (κ1) is 23.8. The smallest absolute Gasteiger partial charge is 0.283 e. The highest BCUT2D eigenvalue weighted by Crippen LogP contribution is 2.30. The summed E-state index contributed by atoms with van der Waals surface area (Å²) >= 11 is 3.20. The number of halogens is 2. The van der Waals surface area contributed by atoms with Crippen molar-refractivity contribution >= 4 is 33.2 Å². The molecule has 1 amide bonds. The van der Waals surface area contributed by atoms with Gasteiger partial charge in [0.25, 0.3) is 5.91 Å². The van der Waals surface area contributed by atoms with Crippen LogP contribution in [0.1, 0.15) is 29.1 Å². The van der Waals surface area contributed by atoms with Gasteiger partial charge < -0.3 is 19.9 Å². The Bertz CT molecular complexity index is 1300. The van der Waals surface area contributed by atoms with Crippen molar-refractivity contribution in [3.8, 4) is 11.4 Å². The summed E-state index contributed by atoms with van der Waals surface area (Å²) in [5.74, 6) is 0.865. The van der Waals surface area contributed by atoms with E-state index in [9.17, 15) is 9.18 Å². The van der Waals surface area contributed by atoms with Crippen LogP contribution in [0, 0.1) is 25.2 Å². The van der Waals surface area contributed by atoms with Crippen LogP contribution in [0.3, 0.4) is 0 Å². The van der Waals surface area contributed by atoms with Crippen LogP contribution in [0.25, 0.3) is 11.4 Å². The number of imidazole rings is 1. The highest BCUT2D eigenvalue weighted by Gasteiger charge is 2.28. The maximum absolute atomic E-state index is 14.5. The molecular formula is C24H25BrFN6O2+. The average molecular weight is 528 g/mol. The van der Waals surface area contributed by atoms with Crippen LogP contribution in [0.2, 0.25) is 0 Å². The summed E-state index contributed by atoms with van der Waals surface area (Å²) in [5, 5.41) is 8.18. The van der Waals surface area contributed by atoms with E-state index < -0.39 is 6.04 Å². The number of amides is 1. The maximum Gasteiger partial charge on any atom is 0.283 e. The zero-order valence-corrected chi connectivity index (χ0v) is 20.6. The summed E-state index contributed by atoms with van der Waals surface area (Å²) in [6, 6.07) is 8.33. The van der Waals surface area contributed by atoms with Crippen LogP contribution in [0.5, 0.6) is 5.75 Å². The van der Waals surface area contributed by atoms with E-state index in [0.717, 1.165) is 17.2 Å². The van der Waals surface area contributed by atoms with Crippen LogP contribution >= 0.6 is 15.9 Å². The van der Waals surface area contributed by atoms with E-state index in [0.29, 0.717) is 45.6 Å². The molecule has 0 spiro atoms. The van der Waals surface area contributed by atoms with Gasteiger partial charge >= 0.3 is 0 Å². The van der Waals surface area contributed by atoms with Crippen LogP contribution in [-0.4, -0.2) is 28.6 Å². The van der Waals surface area contributed by atoms with Gasteiger partial charge in [-0.25, -0.2) is 14.9 Å². The number of hydrogen-bond acceptors (Lipinski definition) is 5. The van der Waals surface area contributed by atoms with Gasteiger partial charge in [0.05, 0.1) is 23.0 Å². The molecule has 1 aromatic heterocycles. The number of methoxy groups -OCH3 is 1. The lowest BCUT2D eigenvalue weighted by atomic mass is 10.1. The molecule has 0 aliphatic carbocycles. The Hall–Kier alpha value is -3.37. The lowest BCUT2D eigenvalue weighted by molar-refractivity contribution is -0.611. The molecule has 3 aromatic rings. The number of carbonyl (C=O) groups is 1. The number of rotatable bonds is 6. The minimum atomic E-state index is -0.486. The Morgan fingerprint density at radius 2 is 2.18 bits per heavy atom. The third-order valence-electron chi connectivity index (χ3n) is 5.84. The predicted molar refractivity (Wildman–Crippen MR) is 129 cm³/mol. The molecule has 2 heterocycles. The van der Waals surface area contributed by atoms with Gasteiger partial charge in [-0.2, -0.15) is 5.11 Å². The summed E-state index contributed by atoms with van der Waals surface area (Å²) in [6.45, 7) is 3.84. The normalized spacial score (nSPS) is 16.0. The minimum absolute atomic E-state index is 0.222. The zero-order valence-electron chi connectivity index (χ0n) is 19.0. The Morgan fingerprint density at radius 3 is 2.85 bits per heavy atom. The first-order valence-electron chi connectivity index (χ1n) is 10.7. The maximum atomic E-state index is 14.5. The monoisotopic (exact) mass is 527 g/mol. The Labute approximate surface area is 204 Å². The molecule has 0 bridgehead atoms. The lowest BCUT2D eigenvalue weighted by Gasteiger charge is -2.13. The van der Waals surface area contributed by atoms with Gasteiger partial charge in [-0.15, -0.1) is 0 Å². The number of nitrogens with two attached hydrogens (primary N) is 1. The summed E-state index contributed by atoms with van der Waals surface area (Å²) in [5.41, 5.74) is 11.4. The number of anilines is 1. The Balaban J connectivity index is 1.57. The van der Waals surface area contributed by atoms with Gasteiger partial charge in [0.1, 0.15) is 29.3 Å². The number of quaternary nitrogens is 1. The standard InChI is InChI=1S/C24H24BrFN6O2/c1-13-12-32(14(2)29-13)21-9-4-15(10-22(21)34-3)20(31-27)11-28-19-7-5-16-18(30-24(19)33)8-6-17(25)23(16)26/h4,6,8-12,19,27-28H,5,7H2,1-3H3,(H,30,33)/p+1/b20-11-,31-27?. The molecule has 4 N–H and O–H groups in total. The minimum Gasteiger partial charge on any atom is -0.495 e. The van der Waals surface area contributed by atoms with Crippen molar-refractivity contribution < 1.29 is 19.2 Å². The van der Waals surface area contributed by atoms with Crippen LogP contribution in [0.4, 0.5) is 10.1 Å². The Morgan fingerprint density at radius 1 is 1.38 bits per heavy atom. The quantitative estimate of drug-likeness (QED) is 0.417. The van der Waals surface area contributed by atoms with Crippen molar-refractivity contribution in [1.29, 1.82) is 5.53 Å². The Kier molecular flexibility index (Phi) is 6.90. The van der Waals surface area contributed by atoms with E-state index in [1.54, 1.807) is 36.8 Å². The summed E-state index contributed by atoms with van der Waals surface area (Å²) < 4.78 is 22.4. The van der Waals surface area contributed by atoms with Crippen molar-refractivity contribution in [3.63, 3.8) is 0 Å². The number of carbonyl (C=O) groups excluding carboxylic acids is 1. The number of hydrogen-bond donors (Lipinski definition) is 3. The van der Waals surface area contributed by atoms with Gasteiger partial charge in [0.15, 0.2) is 6.04 Å². The first-order valence-corrected chi connectivity index (χ1v) is 11.5. The van der Waals surface area contributed by atoms with Gasteiger partial charge in [-0.3, -0.25) is 4.79 Å². The van der Waals surface area contributed by atoms with E-state index in [1.807, 2.05) is 36.7 Å². The third-order valence-corrected chi connectivity index (χ3v) is 6.45. The van der Waals surface area contributed by atoms with Crippen molar-refractivity contribution in [3.05, 3.63) is 75.7 Å². The second-order valence-electron chi connectivity index (χ2n) is 8.06. The molecular weight excluding hydrogens is 503 g/mol. The SMILES string of the molecule is COc1cc(/C(=C/[NH2+]C2CCc3c(ccc(Br)c3F)NC2=O)N=N)ccc1-n1cc(C)nc1C. The van der Waals surface area contributed by atoms with Crippen LogP contribution in [0.15, 0.2) is 52.3 Å². The number of benzene rings is 2. The first-order chi connectivity index (χ1) is 16.3. The van der Waals surface area contributed by atoms with E-state index in [2.05, 4.69) is 31.3 Å². The number of aromatic nitrogens is 2. The van der Waals surface area contributed by atoms with E-state index >= 15 is 0 Å². The van der Waals surface area contributed by atoms with Gasteiger partial charge in [-0.05, 0) is 60.5 Å². The highest BCUT2D eigenvalue weighted by molar-refractivity contribution is 9.10. The predicted octanol–water partition coefficient (Wildman–Crippen LogP) is 4.25. The third kappa shape index (κ3) is 4.64. The molecule has 1 atom stereocenters. The molecule has 4 rings (SSSR count). The second-order valence-corrected chi connectivity index (χ2v) is 8.92. The molecule has 34 heavy (non-hydrogen) atoms. The summed E-state index contributed by atoms with van der Waals surface area (Å²) in [6.07, 6.45) is 4.43. The number of nitrogens with zero attached hydrogens (tertiary/aromatic N) is 3. The van der Waals surface area contributed by atoms with Crippen LogP contribution in [-0.2, 0) is 11.2 Å². The number of fused-ring (bicyclic) bond motifs is 1. The topological polar surface area (TPSA) is 109 Å². The fraction of sp³-hybridized carbons (Fsp3) is 0.250. The van der Waals surface area contributed by atoms with E-state index in [1.165, 1.54) is 0 Å². The van der Waals surface area contributed by atoms with E-state index in [-0.39, 0.29) is 11.7 Å². The van der Waals surface area contributed by atoms with Crippen molar-refractivity contribution in [1.82, 2.24) is 9.55 Å². The average Bonchev–Trinajstić information content (AvgIpc) is 3.07. The molecule has 0 radical (unpaired) electrons. The van der Waals surface area contributed by atoms with Crippen molar-refractivity contribution in [2.45, 2.75) is 32.7 Å². The number of aryl methyl sites for hydroxylation is 2. The second kappa shape index (κ2) is 9.86. The zero-order chi connectivity index (χ0) is 24.4. The number of ether oxygens (including phenoxy) is 1.